The van der Waals surface area contributed by atoms with Gasteiger partial charge in [-0.05, 0) is 26.0 Å². The van der Waals surface area contributed by atoms with E-state index in [4.69, 9.17) is 10.00 Å². The van der Waals surface area contributed by atoms with Crippen molar-refractivity contribution in [3.63, 3.8) is 0 Å². The summed E-state index contributed by atoms with van der Waals surface area (Å²) in [6, 6.07) is 2.08. The van der Waals surface area contributed by atoms with E-state index >= 15 is 0 Å². The van der Waals surface area contributed by atoms with Crippen LogP contribution in [0, 0.1) is 17.2 Å². The number of nitrogens with one attached hydrogen (secondary N) is 1. The summed E-state index contributed by atoms with van der Waals surface area (Å²) in [4.78, 5) is 0. The van der Waals surface area contributed by atoms with Crippen molar-refractivity contribution in [1.29, 1.82) is 5.26 Å². The molecule has 16 heavy (non-hydrogen) atoms. The Kier molecular flexibility index (Phi) is 5.00. The summed E-state index contributed by atoms with van der Waals surface area (Å²) >= 11 is 0. The first kappa shape index (κ1) is 12.7. The zero-order valence-corrected chi connectivity index (χ0v) is 9.45. The van der Waals surface area contributed by atoms with Crippen molar-refractivity contribution in [1.82, 2.24) is 5.32 Å². The first-order valence-electron chi connectivity index (χ1n) is 5.42. The van der Waals surface area contributed by atoms with Crippen LogP contribution in [0.3, 0.4) is 0 Å². The summed E-state index contributed by atoms with van der Waals surface area (Å²) < 4.78 is 19.0. The Morgan fingerprint density at radius 2 is 2.50 bits per heavy atom. The lowest BCUT2D eigenvalue weighted by molar-refractivity contribution is 0.0149. The van der Waals surface area contributed by atoms with E-state index in [0.29, 0.717) is 18.7 Å². The van der Waals surface area contributed by atoms with E-state index in [1.165, 1.54) is 0 Å². The molecule has 0 saturated carbocycles. The van der Waals surface area contributed by atoms with Gasteiger partial charge in [0.2, 0.25) is 0 Å². The fourth-order valence-corrected chi connectivity index (χ4v) is 1.57. The lowest BCUT2D eigenvalue weighted by Crippen LogP contribution is -2.43. The van der Waals surface area contributed by atoms with Gasteiger partial charge in [-0.2, -0.15) is 5.26 Å². The monoisotopic (exact) mass is 224 g/mol. The first-order chi connectivity index (χ1) is 7.69. The summed E-state index contributed by atoms with van der Waals surface area (Å²) in [5, 5.41) is 11.8. The molecule has 1 N–H and O–H groups in total. The molecule has 0 aromatic carbocycles. The highest BCUT2D eigenvalue weighted by atomic mass is 19.1. The normalized spacial score (nSPS) is 27.9. The Balaban J connectivity index is 2.64. The molecular weight excluding hydrogens is 207 g/mol. The lowest BCUT2D eigenvalue weighted by Gasteiger charge is -2.29. The molecular formula is C12H17FN2O. The Morgan fingerprint density at radius 1 is 1.75 bits per heavy atom. The minimum atomic E-state index is -1.02. The number of rotatable bonds is 4. The van der Waals surface area contributed by atoms with Crippen LogP contribution in [-0.4, -0.2) is 25.4 Å². The van der Waals surface area contributed by atoms with Gasteiger partial charge < -0.3 is 10.1 Å². The summed E-state index contributed by atoms with van der Waals surface area (Å²) in [5.41, 5.74) is 0. The molecule has 0 spiro atoms. The topological polar surface area (TPSA) is 45.0 Å². The molecule has 3 atom stereocenters. The molecule has 0 aliphatic carbocycles. The van der Waals surface area contributed by atoms with Crippen molar-refractivity contribution < 1.29 is 9.13 Å². The van der Waals surface area contributed by atoms with Gasteiger partial charge in [-0.1, -0.05) is 12.7 Å². The van der Waals surface area contributed by atoms with Gasteiger partial charge in [0, 0.05) is 6.54 Å². The number of nitriles is 1. The molecule has 0 radical (unpaired) electrons. The Labute approximate surface area is 95.6 Å². The second-order valence-corrected chi connectivity index (χ2v) is 3.82. The van der Waals surface area contributed by atoms with Crippen LogP contribution in [-0.2, 0) is 4.74 Å². The molecule has 1 aliphatic heterocycles. The third-order valence-electron chi connectivity index (χ3n) is 2.54. The van der Waals surface area contributed by atoms with Gasteiger partial charge in [-0.15, -0.1) is 0 Å². The van der Waals surface area contributed by atoms with Gasteiger partial charge in [0.15, 0.2) is 0 Å². The van der Waals surface area contributed by atoms with Gasteiger partial charge in [0.1, 0.15) is 24.0 Å². The van der Waals surface area contributed by atoms with Crippen molar-refractivity contribution in [2.24, 2.45) is 5.92 Å². The van der Waals surface area contributed by atoms with Crippen molar-refractivity contribution in [2.45, 2.75) is 25.6 Å². The fourth-order valence-electron chi connectivity index (χ4n) is 1.57. The molecule has 0 amide bonds. The number of ether oxygens (including phenoxy) is 1. The zero-order chi connectivity index (χ0) is 12.0. The maximum atomic E-state index is 13.5. The van der Waals surface area contributed by atoms with Gasteiger partial charge in [-0.25, -0.2) is 4.39 Å². The SMILES string of the molecule is C=C/C=C(/O[C@H]1CCNC[C@H]1F)C(C)C#N. The third kappa shape index (κ3) is 3.35. The van der Waals surface area contributed by atoms with E-state index in [1.807, 2.05) is 0 Å². The molecule has 0 aromatic heterocycles. The highest BCUT2D eigenvalue weighted by Gasteiger charge is 2.27. The summed E-state index contributed by atoms with van der Waals surface area (Å²) in [5.74, 6) is 0.118. The van der Waals surface area contributed by atoms with Crippen LogP contribution in [0.15, 0.2) is 24.5 Å². The van der Waals surface area contributed by atoms with Gasteiger partial charge in [-0.3, -0.25) is 0 Å². The number of alkyl halides is 1. The van der Waals surface area contributed by atoms with Gasteiger partial charge >= 0.3 is 0 Å². The average molecular weight is 224 g/mol. The van der Waals surface area contributed by atoms with Crippen LogP contribution < -0.4 is 5.32 Å². The minimum absolute atomic E-state index is 0.312. The summed E-state index contributed by atoms with van der Waals surface area (Å²) in [6.07, 6.45) is 2.32. The Hall–Kier alpha value is -1.34. The maximum Gasteiger partial charge on any atom is 0.149 e. The van der Waals surface area contributed by atoms with Crippen LogP contribution in [0.1, 0.15) is 13.3 Å². The van der Waals surface area contributed by atoms with Crippen LogP contribution >= 0.6 is 0 Å². The van der Waals surface area contributed by atoms with Crippen LogP contribution in [0.4, 0.5) is 4.39 Å². The number of halogens is 1. The predicted molar refractivity (Wildman–Crippen MR) is 60.3 cm³/mol. The standard InChI is InChI=1S/C12H17FN2O/c1-3-4-11(9(2)7-14)16-12-5-6-15-8-10(12)13/h3-4,9-10,12,15H,1,5-6,8H2,2H3/b11-4+/t9?,10-,12+/m1/s1. The average Bonchev–Trinajstić information content (AvgIpc) is 2.30. The first-order valence-corrected chi connectivity index (χ1v) is 5.42. The summed E-state index contributed by atoms with van der Waals surface area (Å²) in [6.45, 7) is 6.34. The highest BCUT2D eigenvalue weighted by Crippen LogP contribution is 2.20. The van der Waals surface area contributed by atoms with E-state index in [2.05, 4.69) is 18.0 Å². The van der Waals surface area contributed by atoms with Crippen LogP contribution in [0.2, 0.25) is 0 Å². The van der Waals surface area contributed by atoms with Crippen LogP contribution in [0.25, 0.3) is 0 Å². The van der Waals surface area contributed by atoms with Gasteiger partial charge in [0.25, 0.3) is 0 Å². The molecule has 1 rings (SSSR count). The number of nitrogens with zero attached hydrogens (tertiary/aromatic N) is 1. The smallest absolute Gasteiger partial charge is 0.149 e. The largest absolute Gasteiger partial charge is 0.490 e. The second kappa shape index (κ2) is 6.29. The van der Waals surface area contributed by atoms with E-state index in [9.17, 15) is 4.39 Å². The van der Waals surface area contributed by atoms with Gasteiger partial charge in [0.05, 0.1) is 6.07 Å². The molecule has 1 aliphatic rings. The third-order valence-corrected chi connectivity index (χ3v) is 2.54. The molecule has 1 fully saturated rings. The molecule has 4 heteroatoms. The van der Waals surface area contributed by atoms with E-state index < -0.39 is 12.3 Å². The predicted octanol–water partition coefficient (Wildman–Crippen LogP) is 1.93. The zero-order valence-electron chi connectivity index (χ0n) is 9.45. The van der Waals surface area contributed by atoms with E-state index in [-0.39, 0.29) is 5.92 Å². The number of hydrogen-bond donors (Lipinski definition) is 1. The van der Waals surface area contributed by atoms with Crippen molar-refractivity contribution in [3.8, 4) is 6.07 Å². The lowest BCUT2D eigenvalue weighted by atomic mass is 10.1. The highest BCUT2D eigenvalue weighted by molar-refractivity contribution is 5.13. The fraction of sp³-hybridized carbons (Fsp3) is 0.583. The quantitative estimate of drug-likeness (QED) is 0.586. The molecule has 1 unspecified atom stereocenters. The molecule has 3 nitrogen and oxygen atoms in total. The van der Waals surface area contributed by atoms with Crippen molar-refractivity contribution in [3.05, 3.63) is 24.5 Å². The molecule has 88 valence electrons. The number of hydrogen-bond acceptors (Lipinski definition) is 3. The number of allylic oxidation sites excluding steroid dienone is 3. The molecule has 0 bridgehead atoms. The van der Waals surface area contributed by atoms with Crippen molar-refractivity contribution >= 4 is 0 Å². The van der Waals surface area contributed by atoms with Crippen molar-refractivity contribution in [2.75, 3.05) is 13.1 Å². The molecule has 1 saturated heterocycles. The molecule has 0 aromatic rings. The maximum absolute atomic E-state index is 13.5. The Bertz CT molecular complexity index is 309. The second-order valence-electron chi connectivity index (χ2n) is 3.82. The number of piperidine rings is 1. The van der Waals surface area contributed by atoms with E-state index in [0.717, 1.165) is 6.54 Å². The van der Waals surface area contributed by atoms with Crippen LogP contribution in [0.5, 0.6) is 0 Å². The minimum Gasteiger partial charge on any atom is -0.490 e. The van der Waals surface area contributed by atoms with E-state index in [1.54, 1.807) is 19.1 Å². The Morgan fingerprint density at radius 3 is 3.06 bits per heavy atom. The summed E-state index contributed by atoms with van der Waals surface area (Å²) in [7, 11) is 0. The molecule has 1 heterocycles.